The number of hydrogen-bond donors (Lipinski definition) is 1. The number of rotatable bonds is 4. The molecule has 6 nitrogen and oxygen atoms in total. The Hall–Kier alpha value is -1.89. The van der Waals surface area contributed by atoms with Crippen LogP contribution in [0.15, 0.2) is 29.2 Å². The number of carbonyl (C=O) groups is 2. The minimum atomic E-state index is -3.41. The van der Waals surface area contributed by atoms with Gasteiger partial charge in [0.2, 0.25) is 0 Å². The zero-order valence-corrected chi connectivity index (χ0v) is 14.2. The summed E-state index contributed by atoms with van der Waals surface area (Å²) in [4.78, 5) is 23.9. The van der Waals surface area contributed by atoms with Gasteiger partial charge in [0.15, 0.2) is 15.9 Å². The van der Waals surface area contributed by atoms with Gasteiger partial charge < -0.3 is 10.1 Å². The van der Waals surface area contributed by atoms with Crippen molar-refractivity contribution in [2.45, 2.75) is 44.2 Å². The monoisotopic (exact) mass is 327 g/mol. The van der Waals surface area contributed by atoms with Crippen molar-refractivity contribution < 1.29 is 22.7 Å². The summed E-state index contributed by atoms with van der Waals surface area (Å²) in [5.74, 6) is -1.16. The summed E-state index contributed by atoms with van der Waals surface area (Å²) < 4.78 is 28.0. The van der Waals surface area contributed by atoms with E-state index in [1.807, 2.05) is 20.8 Å². The molecule has 0 heterocycles. The van der Waals surface area contributed by atoms with Gasteiger partial charge in [-0.05, 0) is 45.9 Å². The first kappa shape index (κ1) is 18.2. The second kappa shape index (κ2) is 6.48. The van der Waals surface area contributed by atoms with E-state index in [1.54, 1.807) is 0 Å². The van der Waals surface area contributed by atoms with Gasteiger partial charge in [0.05, 0.1) is 10.5 Å². The third-order valence-corrected chi connectivity index (χ3v) is 3.76. The van der Waals surface area contributed by atoms with Gasteiger partial charge in [-0.1, -0.05) is 6.07 Å². The molecule has 1 amide bonds. The van der Waals surface area contributed by atoms with Gasteiger partial charge in [-0.15, -0.1) is 0 Å². The fourth-order valence-electron chi connectivity index (χ4n) is 1.61. The normalized spacial score (nSPS) is 13.3. The Balaban J connectivity index is 2.84. The zero-order chi connectivity index (χ0) is 17.1. The Bertz CT molecular complexity index is 673. The lowest BCUT2D eigenvalue weighted by molar-refractivity contribution is -0.130. The lowest BCUT2D eigenvalue weighted by atomic mass is 10.1. The maximum Gasteiger partial charge on any atom is 0.338 e. The summed E-state index contributed by atoms with van der Waals surface area (Å²) in [6, 6.07) is 5.51. The number of esters is 1. The molecule has 0 aromatic heterocycles. The highest BCUT2D eigenvalue weighted by atomic mass is 32.2. The standard InChI is InChI=1S/C15H21NO5S/c1-10(13(17)16-15(2,3)4)21-14(18)11-7-6-8-12(9-11)22(5,19)20/h6-10H,1-5H3,(H,16,17)/t10-/m1/s1. The molecule has 0 unspecified atom stereocenters. The molecule has 1 rings (SSSR count). The molecule has 0 aliphatic carbocycles. The third kappa shape index (κ3) is 5.48. The molecular weight excluding hydrogens is 306 g/mol. The van der Waals surface area contributed by atoms with Crippen molar-refractivity contribution >= 4 is 21.7 Å². The van der Waals surface area contributed by atoms with Crippen molar-refractivity contribution in [3.63, 3.8) is 0 Å². The van der Waals surface area contributed by atoms with Gasteiger partial charge in [-0.2, -0.15) is 0 Å². The maximum atomic E-state index is 12.0. The average molecular weight is 327 g/mol. The fourth-order valence-corrected chi connectivity index (χ4v) is 2.27. The Labute approximate surface area is 130 Å². The smallest absolute Gasteiger partial charge is 0.338 e. The Morgan fingerprint density at radius 2 is 1.82 bits per heavy atom. The first-order chi connectivity index (χ1) is 9.90. The summed E-state index contributed by atoms with van der Waals surface area (Å²) in [6.07, 6.45) is 0.0743. The molecular formula is C15H21NO5S. The number of sulfone groups is 1. The van der Waals surface area contributed by atoms with E-state index in [0.29, 0.717) is 0 Å². The third-order valence-electron chi connectivity index (χ3n) is 2.65. The van der Waals surface area contributed by atoms with E-state index in [-0.39, 0.29) is 10.5 Å². The van der Waals surface area contributed by atoms with E-state index in [2.05, 4.69) is 5.32 Å². The van der Waals surface area contributed by atoms with Gasteiger partial charge >= 0.3 is 5.97 Å². The van der Waals surface area contributed by atoms with E-state index in [1.165, 1.54) is 31.2 Å². The lowest BCUT2D eigenvalue weighted by Crippen LogP contribution is -2.46. The van der Waals surface area contributed by atoms with Gasteiger partial charge in [0.25, 0.3) is 5.91 Å². The van der Waals surface area contributed by atoms with E-state index in [0.717, 1.165) is 6.26 Å². The highest BCUT2D eigenvalue weighted by Crippen LogP contribution is 2.13. The van der Waals surface area contributed by atoms with Crippen molar-refractivity contribution in [1.82, 2.24) is 5.32 Å². The van der Waals surface area contributed by atoms with E-state index in [9.17, 15) is 18.0 Å². The molecule has 1 aromatic carbocycles. The second-order valence-electron chi connectivity index (χ2n) is 6.09. The molecule has 1 aromatic rings. The molecule has 0 bridgehead atoms. The van der Waals surface area contributed by atoms with Crippen LogP contribution in [0.4, 0.5) is 0 Å². The summed E-state index contributed by atoms with van der Waals surface area (Å²) in [7, 11) is -3.41. The molecule has 22 heavy (non-hydrogen) atoms. The van der Waals surface area contributed by atoms with Crippen molar-refractivity contribution in [3.8, 4) is 0 Å². The van der Waals surface area contributed by atoms with Crippen LogP contribution in [0.2, 0.25) is 0 Å². The number of carbonyl (C=O) groups excluding carboxylic acids is 2. The van der Waals surface area contributed by atoms with Gasteiger partial charge in [-0.3, -0.25) is 4.79 Å². The van der Waals surface area contributed by atoms with Crippen LogP contribution < -0.4 is 5.32 Å². The molecule has 0 aliphatic heterocycles. The van der Waals surface area contributed by atoms with Crippen LogP contribution in [0.3, 0.4) is 0 Å². The minimum Gasteiger partial charge on any atom is -0.449 e. The van der Waals surface area contributed by atoms with Crippen molar-refractivity contribution in [1.29, 1.82) is 0 Å². The first-order valence-corrected chi connectivity index (χ1v) is 8.62. The predicted octanol–water partition coefficient (Wildman–Crippen LogP) is 1.55. The SMILES string of the molecule is C[C@@H](OC(=O)c1cccc(S(C)(=O)=O)c1)C(=O)NC(C)(C)C. The summed E-state index contributed by atoms with van der Waals surface area (Å²) >= 11 is 0. The number of amides is 1. The molecule has 0 fully saturated rings. The molecule has 0 aliphatic rings. The van der Waals surface area contributed by atoms with Crippen LogP contribution >= 0.6 is 0 Å². The van der Waals surface area contributed by atoms with E-state index >= 15 is 0 Å². The highest BCUT2D eigenvalue weighted by Gasteiger charge is 2.23. The van der Waals surface area contributed by atoms with E-state index < -0.39 is 33.4 Å². The Morgan fingerprint density at radius 1 is 1.23 bits per heavy atom. The number of nitrogens with one attached hydrogen (secondary N) is 1. The van der Waals surface area contributed by atoms with Crippen LogP contribution in [-0.4, -0.2) is 38.2 Å². The second-order valence-corrected chi connectivity index (χ2v) is 8.10. The quantitative estimate of drug-likeness (QED) is 0.848. The van der Waals surface area contributed by atoms with E-state index in [4.69, 9.17) is 4.74 Å². The van der Waals surface area contributed by atoms with Crippen molar-refractivity contribution in [2.24, 2.45) is 0 Å². The summed E-state index contributed by atoms with van der Waals surface area (Å²) in [5.41, 5.74) is -0.355. The predicted molar refractivity (Wildman–Crippen MR) is 82.3 cm³/mol. The lowest BCUT2D eigenvalue weighted by Gasteiger charge is -2.23. The highest BCUT2D eigenvalue weighted by molar-refractivity contribution is 7.90. The molecule has 0 spiro atoms. The van der Waals surface area contributed by atoms with Crippen molar-refractivity contribution in [2.75, 3.05) is 6.26 Å². The molecule has 0 radical (unpaired) electrons. The molecule has 1 N–H and O–H groups in total. The Kier molecular flexibility index (Phi) is 5.35. The van der Waals surface area contributed by atoms with Gasteiger partial charge in [-0.25, -0.2) is 13.2 Å². The number of ether oxygens (including phenoxy) is 1. The molecule has 7 heteroatoms. The van der Waals surface area contributed by atoms with Gasteiger partial charge in [0, 0.05) is 11.8 Å². The maximum absolute atomic E-state index is 12.0. The number of benzene rings is 1. The molecule has 0 saturated carbocycles. The largest absolute Gasteiger partial charge is 0.449 e. The zero-order valence-electron chi connectivity index (χ0n) is 13.3. The minimum absolute atomic E-state index is 0.0220. The molecule has 122 valence electrons. The average Bonchev–Trinajstić information content (AvgIpc) is 2.35. The fraction of sp³-hybridized carbons (Fsp3) is 0.467. The first-order valence-electron chi connectivity index (χ1n) is 6.73. The molecule has 0 saturated heterocycles. The van der Waals surface area contributed by atoms with Crippen LogP contribution in [-0.2, 0) is 19.4 Å². The van der Waals surface area contributed by atoms with Crippen LogP contribution in [0.1, 0.15) is 38.1 Å². The Morgan fingerprint density at radius 3 is 2.32 bits per heavy atom. The summed E-state index contributed by atoms with van der Waals surface area (Å²) in [5, 5.41) is 2.70. The van der Waals surface area contributed by atoms with Crippen LogP contribution in [0.5, 0.6) is 0 Å². The van der Waals surface area contributed by atoms with Crippen LogP contribution in [0, 0.1) is 0 Å². The number of hydrogen-bond acceptors (Lipinski definition) is 5. The molecule has 1 atom stereocenters. The van der Waals surface area contributed by atoms with Crippen LogP contribution in [0.25, 0.3) is 0 Å². The van der Waals surface area contributed by atoms with Crippen molar-refractivity contribution in [3.05, 3.63) is 29.8 Å². The summed E-state index contributed by atoms with van der Waals surface area (Å²) in [6.45, 7) is 6.90. The topological polar surface area (TPSA) is 89.5 Å². The van der Waals surface area contributed by atoms with Gasteiger partial charge in [0.1, 0.15) is 0 Å².